The van der Waals surface area contributed by atoms with E-state index in [4.69, 9.17) is 4.74 Å². The van der Waals surface area contributed by atoms with Crippen molar-refractivity contribution in [1.29, 1.82) is 0 Å². The minimum atomic E-state index is -0.134. The van der Waals surface area contributed by atoms with E-state index in [1.165, 1.54) is 0 Å². The molecule has 1 aliphatic rings. The van der Waals surface area contributed by atoms with E-state index in [1.807, 2.05) is 66.8 Å². The average molecular weight is 390 g/mol. The number of anilines is 1. The summed E-state index contributed by atoms with van der Waals surface area (Å²) in [5.41, 5.74) is 3.07. The van der Waals surface area contributed by atoms with E-state index in [9.17, 15) is 4.79 Å². The lowest BCUT2D eigenvalue weighted by molar-refractivity contribution is -0.122. The summed E-state index contributed by atoms with van der Waals surface area (Å²) in [6.07, 6.45) is 3.87. The molecule has 1 aliphatic heterocycles. The van der Waals surface area contributed by atoms with Crippen molar-refractivity contribution in [1.82, 2.24) is 15.1 Å². The van der Waals surface area contributed by atoms with Crippen LogP contribution in [0.15, 0.2) is 67.0 Å². The van der Waals surface area contributed by atoms with Gasteiger partial charge in [-0.25, -0.2) is 0 Å². The summed E-state index contributed by atoms with van der Waals surface area (Å²) in [4.78, 5) is 15.6. The second kappa shape index (κ2) is 8.49. The molecule has 6 nitrogen and oxygen atoms in total. The molecule has 3 aromatic rings. The zero-order valence-corrected chi connectivity index (χ0v) is 16.8. The van der Waals surface area contributed by atoms with Gasteiger partial charge in [0.15, 0.2) is 0 Å². The number of benzene rings is 2. The normalized spacial score (nSPS) is 18.6. The molecule has 1 aromatic heterocycles. The number of hydrogen-bond donors (Lipinski definition) is 1. The molecule has 2 heterocycles. The first-order chi connectivity index (χ1) is 14.2. The molecule has 6 heteroatoms. The summed E-state index contributed by atoms with van der Waals surface area (Å²) >= 11 is 0. The number of ether oxygens (including phenoxy) is 1. The highest BCUT2D eigenvalue weighted by Crippen LogP contribution is 2.32. The van der Waals surface area contributed by atoms with Gasteiger partial charge >= 0.3 is 0 Å². The smallest absolute Gasteiger partial charge is 0.232 e. The van der Waals surface area contributed by atoms with Crippen LogP contribution in [0.1, 0.15) is 17.0 Å². The van der Waals surface area contributed by atoms with E-state index in [0.29, 0.717) is 13.1 Å². The summed E-state index contributed by atoms with van der Waals surface area (Å²) in [6, 6.07) is 17.8. The van der Waals surface area contributed by atoms with Gasteiger partial charge in [-0.05, 0) is 35.4 Å². The van der Waals surface area contributed by atoms with Crippen LogP contribution in [0.5, 0.6) is 5.75 Å². The van der Waals surface area contributed by atoms with Crippen molar-refractivity contribution < 1.29 is 9.53 Å². The van der Waals surface area contributed by atoms with E-state index in [0.717, 1.165) is 29.1 Å². The maximum Gasteiger partial charge on any atom is 0.232 e. The Morgan fingerprint density at radius 1 is 1.17 bits per heavy atom. The molecule has 0 radical (unpaired) electrons. The summed E-state index contributed by atoms with van der Waals surface area (Å²) in [5, 5.41) is 7.69. The Hall–Kier alpha value is -3.12. The summed E-state index contributed by atoms with van der Waals surface area (Å²) < 4.78 is 7.07. The Morgan fingerprint density at radius 3 is 2.59 bits per heavy atom. The number of carbonyl (C=O) groups excluding carboxylic acids is 1. The van der Waals surface area contributed by atoms with Gasteiger partial charge in [0.1, 0.15) is 5.75 Å². The predicted molar refractivity (Wildman–Crippen MR) is 113 cm³/mol. The number of aromatic nitrogens is 2. The molecule has 1 N–H and O–H groups in total. The molecular formula is C23H26N4O2. The summed E-state index contributed by atoms with van der Waals surface area (Å²) in [7, 11) is 3.55. The Bertz CT molecular complexity index is 953. The van der Waals surface area contributed by atoms with Crippen LogP contribution >= 0.6 is 0 Å². The lowest BCUT2D eigenvalue weighted by Gasteiger charge is -2.28. The number of hydrogen-bond acceptors (Lipinski definition) is 4. The van der Waals surface area contributed by atoms with Gasteiger partial charge in [0, 0.05) is 37.9 Å². The molecule has 4 rings (SSSR count). The molecule has 0 aliphatic carbocycles. The van der Waals surface area contributed by atoms with Crippen LogP contribution in [-0.2, 0) is 18.4 Å². The molecule has 1 fully saturated rings. The van der Waals surface area contributed by atoms with Gasteiger partial charge < -0.3 is 15.0 Å². The fraction of sp³-hybridized carbons (Fsp3) is 0.304. The molecule has 1 amide bonds. The number of rotatable bonds is 6. The van der Waals surface area contributed by atoms with Gasteiger partial charge in [0.2, 0.25) is 5.91 Å². The third-order valence-electron chi connectivity index (χ3n) is 5.52. The molecule has 0 spiro atoms. The highest BCUT2D eigenvalue weighted by Gasteiger charge is 2.37. The number of methoxy groups -OCH3 is 1. The molecule has 150 valence electrons. The van der Waals surface area contributed by atoms with Gasteiger partial charge in [-0.3, -0.25) is 9.48 Å². The molecule has 29 heavy (non-hydrogen) atoms. The largest absolute Gasteiger partial charge is 0.497 e. The SMILES string of the molecule is COc1ccc(N(Cc2ccccc2)C(=O)[C@H]2CNC[C@@H]2c2cnn(C)c2)cc1. The van der Waals surface area contributed by atoms with Gasteiger partial charge in [-0.1, -0.05) is 30.3 Å². The second-order valence-corrected chi connectivity index (χ2v) is 7.43. The Labute approximate surface area is 171 Å². The van der Waals surface area contributed by atoms with Crippen molar-refractivity contribution in [3.8, 4) is 5.75 Å². The monoisotopic (exact) mass is 390 g/mol. The van der Waals surface area contributed by atoms with E-state index < -0.39 is 0 Å². The van der Waals surface area contributed by atoms with Crippen LogP contribution in [0.4, 0.5) is 5.69 Å². The lowest BCUT2D eigenvalue weighted by Crippen LogP contribution is -2.38. The Kier molecular flexibility index (Phi) is 5.62. The third kappa shape index (κ3) is 4.17. The highest BCUT2D eigenvalue weighted by atomic mass is 16.5. The zero-order valence-electron chi connectivity index (χ0n) is 16.8. The Balaban J connectivity index is 1.64. The van der Waals surface area contributed by atoms with Crippen LogP contribution in [0.2, 0.25) is 0 Å². The van der Waals surface area contributed by atoms with Gasteiger partial charge in [0.05, 0.1) is 25.8 Å². The first-order valence-corrected chi connectivity index (χ1v) is 9.84. The van der Waals surface area contributed by atoms with Gasteiger partial charge in [-0.15, -0.1) is 0 Å². The quantitative estimate of drug-likeness (QED) is 0.703. The van der Waals surface area contributed by atoms with E-state index in [2.05, 4.69) is 22.5 Å². The van der Waals surface area contributed by atoms with Crippen molar-refractivity contribution in [3.63, 3.8) is 0 Å². The number of carbonyl (C=O) groups is 1. The number of aryl methyl sites for hydroxylation is 1. The van der Waals surface area contributed by atoms with Crippen molar-refractivity contribution in [2.45, 2.75) is 12.5 Å². The van der Waals surface area contributed by atoms with Crippen LogP contribution in [0, 0.1) is 5.92 Å². The second-order valence-electron chi connectivity index (χ2n) is 7.43. The molecular weight excluding hydrogens is 364 g/mol. The van der Waals surface area contributed by atoms with Crippen molar-refractivity contribution in [3.05, 3.63) is 78.1 Å². The molecule has 0 bridgehead atoms. The maximum absolute atomic E-state index is 13.7. The highest BCUT2D eigenvalue weighted by molar-refractivity contribution is 5.96. The van der Waals surface area contributed by atoms with Crippen LogP contribution in [0.25, 0.3) is 0 Å². The summed E-state index contributed by atoms with van der Waals surface area (Å²) in [5.74, 6) is 0.882. The van der Waals surface area contributed by atoms with Crippen molar-refractivity contribution in [2.75, 3.05) is 25.1 Å². The number of nitrogens with one attached hydrogen (secondary N) is 1. The number of nitrogens with zero attached hydrogens (tertiary/aromatic N) is 3. The van der Waals surface area contributed by atoms with Crippen LogP contribution in [-0.4, -0.2) is 35.9 Å². The molecule has 2 aromatic carbocycles. The van der Waals surface area contributed by atoms with E-state index in [-0.39, 0.29) is 17.7 Å². The first kappa shape index (κ1) is 19.2. The van der Waals surface area contributed by atoms with Gasteiger partial charge in [-0.2, -0.15) is 5.10 Å². The standard InChI is InChI=1S/C23H26N4O2/c1-26-16-18(12-25-26)21-13-24-14-22(21)23(28)27(15-17-6-4-3-5-7-17)19-8-10-20(29-2)11-9-19/h3-12,16,21-22,24H,13-15H2,1-2H3/t21-,22+/m1/s1. The van der Waals surface area contributed by atoms with Gasteiger partial charge in [0.25, 0.3) is 0 Å². The zero-order chi connectivity index (χ0) is 20.2. The number of amides is 1. The fourth-order valence-corrected chi connectivity index (χ4v) is 3.94. The first-order valence-electron chi connectivity index (χ1n) is 9.84. The molecule has 0 saturated carbocycles. The topological polar surface area (TPSA) is 59.4 Å². The molecule has 0 unspecified atom stereocenters. The third-order valence-corrected chi connectivity index (χ3v) is 5.52. The average Bonchev–Trinajstić information content (AvgIpc) is 3.41. The minimum absolute atomic E-state index is 0.118. The van der Waals surface area contributed by atoms with E-state index in [1.54, 1.807) is 11.8 Å². The van der Waals surface area contributed by atoms with Crippen LogP contribution in [0.3, 0.4) is 0 Å². The Morgan fingerprint density at radius 2 is 1.93 bits per heavy atom. The van der Waals surface area contributed by atoms with E-state index >= 15 is 0 Å². The molecule has 2 atom stereocenters. The van der Waals surface area contributed by atoms with Crippen LogP contribution < -0.4 is 15.0 Å². The minimum Gasteiger partial charge on any atom is -0.497 e. The van der Waals surface area contributed by atoms with Crippen molar-refractivity contribution in [2.24, 2.45) is 13.0 Å². The molecule has 1 saturated heterocycles. The maximum atomic E-state index is 13.7. The predicted octanol–water partition coefficient (Wildman–Crippen LogP) is 2.97. The summed E-state index contributed by atoms with van der Waals surface area (Å²) in [6.45, 7) is 1.98. The fourth-order valence-electron chi connectivity index (χ4n) is 3.94. The van der Waals surface area contributed by atoms with Crippen molar-refractivity contribution >= 4 is 11.6 Å². The lowest BCUT2D eigenvalue weighted by atomic mass is 9.89.